The third-order valence-corrected chi connectivity index (χ3v) is 5.90. The number of benzene rings is 2. The Balaban J connectivity index is 1.61. The number of nitrogens with one attached hydrogen (secondary N) is 1. The summed E-state index contributed by atoms with van der Waals surface area (Å²) in [6, 6.07) is 10.2. The number of nitro benzene ring substituents is 1. The topological polar surface area (TPSA) is 136 Å². The number of phenols is 1. The summed E-state index contributed by atoms with van der Waals surface area (Å²) in [7, 11) is 1.80. The Morgan fingerprint density at radius 2 is 2.10 bits per heavy atom. The molecule has 3 aromatic rings. The second-order valence-corrected chi connectivity index (χ2v) is 8.85. The summed E-state index contributed by atoms with van der Waals surface area (Å²) in [6.45, 7) is 0. The van der Waals surface area contributed by atoms with Crippen molar-refractivity contribution in [2.75, 3.05) is 5.75 Å². The van der Waals surface area contributed by atoms with Gasteiger partial charge in [0, 0.05) is 33.2 Å². The molecule has 3 rings (SSSR count). The van der Waals surface area contributed by atoms with Gasteiger partial charge in [-0.15, -0.1) is 10.2 Å². The lowest BCUT2D eigenvalue weighted by molar-refractivity contribution is -0.385. The van der Waals surface area contributed by atoms with Crippen LogP contribution in [0.15, 0.2) is 55.6 Å². The number of aromatic hydroxyl groups is 1. The molecule has 0 saturated heterocycles. The predicted octanol–water partition coefficient (Wildman–Crippen LogP) is 3.86. The normalized spacial score (nSPS) is 11.1. The molecule has 13 heteroatoms. The van der Waals surface area contributed by atoms with Crippen LogP contribution < -0.4 is 5.43 Å². The van der Waals surface area contributed by atoms with Crippen molar-refractivity contribution in [1.82, 2.24) is 20.2 Å². The Hall–Kier alpha value is -2.77. The van der Waals surface area contributed by atoms with Gasteiger partial charge in [-0.3, -0.25) is 14.9 Å². The van der Waals surface area contributed by atoms with Crippen LogP contribution in [0.5, 0.6) is 5.75 Å². The lowest BCUT2D eigenvalue weighted by Gasteiger charge is -2.04. The van der Waals surface area contributed by atoms with Crippen molar-refractivity contribution in [3.8, 4) is 17.1 Å². The van der Waals surface area contributed by atoms with Crippen molar-refractivity contribution in [2.24, 2.45) is 12.1 Å². The number of hydrogen-bond acceptors (Lipinski definition) is 8. The van der Waals surface area contributed by atoms with E-state index in [0.29, 0.717) is 15.5 Å². The molecule has 160 valence electrons. The van der Waals surface area contributed by atoms with E-state index in [2.05, 4.69) is 52.6 Å². The molecule has 0 saturated carbocycles. The molecular weight excluding hydrogens is 556 g/mol. The van der Waals surface area contributed by atoms with Crippen LogP contribution in [0.3, 0.4) is 0 Å². The summed E-state index contributed by atoms with van der Waals surface area (Å²) < 4.78 is 3.09. The first kappa shape index (κ1) is 22.9. The van der Waals surface area contributed by atoms with Gasteiger partial charge in [-0.1, -0.05) is 55.8 Å². The average molecular weight is 570 g/mol. The zero-order valence-corrected chi connectivity index (χ0v) is 19.8. The molecule has 0 spiro atoms. The molecule has 0 fully saturated rings. The van der Waals surface area contributed by atoms with E-state index in [1.165, 1.54) is 23.9 Å². The molecule has 1 aromatic heterocycles. The van der Waals surface area contributed by atoms with Gasteiger partial charge >= 0.3 is 5.69 Å². The minimum atomic E-state index is -0.712. The molecule has 0 bridgehead atoms. The zero-order valence-electron chi connectivity index (χ0n) is 15.8. The fourth-order valence-electron chi connectivity index (χ4n) is 2.50. The highest BCUT2D eigenvalue weighted by Gasteiger charge is 2.18. The van der Waals surface area contributed by atoms with E-state index in [1.54, 1.807) is 11.6 Å². The predicted molar refractivity (Wildman–Crippen MR) is 123 cm³/mol. The van der Waals surface area contributed by atoms with Crippen LogP contribution in [0.4, 0.5) is 5.69 Å². The Kier molecular flexibility index (Phi) is 7.41. The molecule has 1 heterocycles. The monoisotopic (exact) mass is 568 g/mol. The average Bonchev–Trinajstić information content (AvgIpc) is 3.09. The number of hydrazone groups is 1. The SMILES string of the molecule is Cn1c(SCC(=O)N/N=C\c2cc(Br)cc([N+](=O)[O-])c2O)nnc1-c1cccc(Br)c1. The number of nitro groups is 1. The molecule has 0 aliphatic heterocycles. The smallest absolute Gasteiger partial charge is 0.312 e. The van der Waals surface area contributed by atoms with Gasteiger partial charge in [0.1, 0.15) is 0 Å². The molecule has 0 aliphatic carbocycles. The van der Waals surface area contributed by atoms with Gasteiger partial charge in [-0.2, -0.15) is 5.10 Å². The minimum absolute atomic E-state index is 0.0202. The highest BCUT2D eigenvalue weighted by atomic mass is 79.9. The van der Waals surface area contributed by atoms with Crippen LogP contribution in [-0.4, -0.2) is 42.7 Å². The summed E-state index contributed by atoms with van der Waals surface area (Å²) in [5, 5.41) is 33.5. The van der Waals surface area contributed by atoms with Crippen LogP contribution in [0.2, 0.25) is 0 Å². The number of aromatic nitrogens is 3. The van der Waals surface area contributed by atoms with Crippen LogP contribution >= 0.6 is 43.6 Å². The summed E-state index contributed by atoms with van der Waals surface area (Å²) in [5.41, 5.74) is 2.81. The largest absolute Gasteiger partial charge is 0.502 e. The fourth-order valence-corrected chi connectivity index (χ4v) is 4.06. The van der Waals surface area contributed by atoms with Crippen LogP contribution in [-0.2, 0) is 11.8 Å². The highest BCUT2D eigenvalue weighted by molar-refractivity contribution is 9.10. The van der Waals surface area contributed by atoms with Gasteiger partial charge in [0.2, 0.25) is 5.75 Å². The molecule has 0 unspecified atom stereocenters. The second-order valence-electron chi connectivity index (χ2n) is 6.08. The summed E-state index contributed by atoms with van der Waals surface area (Å²) in [4.78, 5) is 22.3. The van der Waals surface area contributed by atoms with Crippen molar-refractivity contribution in [1.29, 1.82) is 0 Å². The van der Waals surface area contributed by atoms with E-state index in [9.17, 15) is 20.0 Å². The van der Waals surface area contributed by atoms with Crippen molar-refractivity contribution in [2.45, 2.75) is 5.16 Å². The first-order chi connectivity index (χ1) is 14.8. The van der Waals surface area contributed by atoms with Gasteiger partial charge in [-0.25, -0.2) is 5.43 Å². The number of hydrogen-bond donors (Lipinski definition) is 2. The van der Waals surface area contributed by atoms with Crippen LogP contribution in [0.25, 0.3) is 11.4 Å². The van der Waals surface area contributed by atoms with Crippen molar-refractivity contribution in [3.05, 3.63) is 61.0 Å². The molecular formula is C18H14Br2N6O4S. The van der Waals surface area contributed by atoms with Gasteiger partial charge in [0.25, 0.3) is 5.91 Å². The number of halogens is 2. The lowest BCUT2D eigenvalue weighted by atomic mass is 10.2. The molecule has 10 nitrogen and oxygen atoms in total. The van der Waals surface area contributed by atoms with E-state index in [-0.39, 0.29) is 11.3 Å². The molecule has 0 aliphatic rings. The van der Waals surface area contributed by atoms with Crippen molar-refractivity contribution in [3.63, 3.8) is 0 Å². The summed E-state index contributed by atoms with van der Waals surface area (Å²) >= 11 is 7.73. The van der Waals surface area contributed by atoms with Gasteiger partial charge in [0.15, 0.2) is 11.0 Å². The fraction of sp³-hybridized carbons (Fsp3) is 0.111. The number of amides is 1. The maximum atomic E-state index is 12.1. The van der Waals surface area contributed by atoms with Crippen LogP contribution in [0, 0.1) is 10.1 Å². The number of rotatable bonds is 7. The minimum Gasteiger partial charge on any atom is -0.502 e. The van der Waals surface area contributed by atoms with Crippen molar-refractivity contribution < 1.29 is 14.8 Å². The van der Waals surface area contributed by atoms with Crippen molar-refractivity contribution >= 4 is 61.4 Å². The number of thioether (sulfide) groups is 1. The van der Waals surface area contributed by atoms with E-state index in [1.807, 2.05) is 24.3 Å². The number of nitrogens with zero attached hydrogens (tertiary/aromatic N) is 5. The Morgan fingerprint density at radius 1 is 1.32 bits per heavy atom. The van der Waals surface area contributed by atoms with E-state index in [4.69, 9.17) is 0 Å². The zero-order chi connectivity index (χ0) is 22.5. The first-order valence-electron chi connectivity index (χ1n) is 8.53. The Bertz CT molecular complexity index is 1180. The van der Waals surface area contributed by atoms with Gasteiger partial charge < -0.3 is 9.67 Å². The second kappa shape index (κ2) is 10.0. The third-order valence-electron chi connectivity index (χ3n) is 3.92. The van der Waals surface area contributed by atoms with Gasteiger partial charge in [-0.05, 0) is 18.2 Å². The van der Waals surface area contributed by atoms with E-state index >= 15 is 0 Å². The highest BCUT2D eigenvalue weighted by Crippen LogP contribution is 2.32. The molecule has 1 amide bonds. The van der Waals surface area contributed by atoms with E-state index in [0.717, 1.165) is 16.3 Å². The lowest BCUT2D eigenvalue weighted by Crippen LogP contribution is -2.20. The summed E-state index contributed by atoms with van der Waals surface area (Å²) in [5.74, 6) is -0.280. The molecule has 31 heavy (non-hydrogen) atoms. The Labute approximate surface area is 197 Å². The van der Waals surface area contributed by atoms with Crippen LogP contribution in [0.1, 0.15) is 5.56 Å². The third kappa shape index (κ3) is 5.68. The quantitative estimate of drug-likeness (QED) is 0.191. The van der Waals surface area contributed by atoms with E-state index < -0.39 is 22.3 Å². The molecule has 0 atom stereocenters. The number of carbonyl (C=O) groups excluding carboxylic acids is 1. The number of phenolic OH excluding ortho intramolecular Hbond substituents is 1. The molecule has 2 N–H and O–H groups in total. The molecule has 0 radical (unpaired) electrons. The maximum absolute atomic E-state index is 12.1. The standard InChI is InChI=1S/C18H14Br2N6O4S/c1-25-17(10-3-2-4-12(19)5-10)23-24-18(25)31-9-15(27)22-21-8-11-6-13(20)7-14(16(11)28)26(29)30/h2-8,28H,9H2,1H3,(H,22,27)/b21-8-. The molecule has 2 aromatic carbocycles. The maximum Gasteiger partial charge on any atom is 0.312 e. The number of carbonyl (C=O) groups is 1. The Morgan fingerprint density at radius 3 is 2.81 bits per heavy atom. The summed E-state index contributed by atoms with van der Waals surface area (Å²) in [6.07, 6.45) is 1.13. The van der Waals surface area contributed by atoms with Gasteiger partial charge in [0.05, 0.1) is 16.9 Å². The first-order valence-corrected chi connectivity index (χ1v) is 11.1.